The molecular weight excluding hydrogens is 291 g/mol. The molecule has 2 aromatic heterocycles. The van der Waals surface area contributed by atoms with Gasteiger partial charge in [-0.15, -0.1) is 0 Å². The van der Waals surface area contributed by atoms with Crippen LogP contribution in [0.4, 0.5) is 6.01 Å². The van der Waals surface area contributed by atoms with Crippen molar-refractivity contribution < 1.29 is 9.26 Å². The summed E-state index contributed by atoms with van der Waals surface area (Å²) in [6, 6.07) is 4.60. The first kappa shape index (κ1) is 15.8. The lowest BCUT2D eigenvalue weighted by Crippen LogP contribution is -2.35. The van der Waals surface area contributed by atoms with Crippen LogP contribution in [0.1, 0.15) is 38.4 Å². The average molecular weight is 314 g/mol. The monoisotopic (exact) mass is 314 g/mol. The molecule has 6 nitrogen and oxygen atoms in total. The van der Waals surface area contributed by atoms with Gasteiger partial charge in [0.2, 0.25) is 0 Å². The number of anilines is 1. The Morgan fingerprint density at radius 3 is 2.74 bits per heavy atom. The van der Waals surface area contributed by atoms with E-state index in [0.29, 0.717) is 17.9 Å². The van der Waals surface area contributed by atoms with Crippen molar-refractivity contribution in [1.82, 2.24) is 15.1 Å². The zero-order valence-corrected chi connectivity index (χ0v) is 14.0. The molecule has 1 fully saturated rings. The maximum atomic E-state index is 5.84. The van der Waals surface area contributed by atoms with E-state index in [2.05, 4.69) is 33.9 Å². The van der Waals surface area contributed by atoms with Crippen LogP contribution in [0.25, 0.3) is 0 Å². The van der Waals surface area contributed by atoms with E-state index in [1.807, 2.05) is 20.0 Å². The van der Waals surface area contributed by atoms with Crippen molar-refractivity contribution in [3.8, 4) is 5.75 Å². The second kappa shape index (κ2) is 7.02. The van der Waals surface area contributed by atoms with Gasteiger partial charge in [0.25, 0.3) is 0 Å². The molecule has 0 bridgehead atoms. The molecule has 7 heteroatoms. The fourth-order valence-corrected chi connectivity index (χ4v) is 2.63. The van der Waals surface area contributed by atoms with E-state index in [9.17, 15) is 0 Å². The standard InChI is InChI=1S/C16H23BN4O2/c1-11(2)15-19-16(23-20-15)21-7-5-12(6-8-21)10-22-13-3-4-14(17)18-9-13/h3-4,9,11-12H,5-8,10,17H2,1-2H3. The predicted molar refractivity (Wildman–Crippen MR) is 91.2 cm³/mol. The van der Waals surface area contributed by atoms with Gasteiger partial charge in [-0.05, 0) is 36.5 Å². The Morgan fingerprint density at radius 2 is 2.13 bits per heavy atom. The third-order valence-corrected chi connectivity index (χ3v) is 4.20. The predicted octanol–water partition coefficient (Wildman–Crippen LogP) is 1.14. The van der Waals surface area contributed by atoms with Crippen molar-refractivity contribution in [2.75, 3.05) is 24.6 Å². The molecule has 0 amide bonds. The lowest BCUT2D eigenvalue weighted by molar-refractivity contribution is 0.219. The highest BCUT2D eigenvalue weighted by atomic mass is 16.5. The number of rotatable bonds is 5. The maximum Gasteiger partial charge on any atom is 0.324 e. The third kappa shape index (κ3) is 4.03. The van der Waals surface area contributed by atoms with Crippen LogP contribution in [-0.2, 0) is 0 Å². The maximum absolute atomic E-state index is 5.84. The fraction of sp³-hybridized carbons (Fsp3) is 0.562. The van der Waals surface area contributed by atoms with Crippen LogP contribution in [0.3, 0.4) is 0 Å². The van der Waals surface area contributed by atoms with Crippen LogP contribution < -0.4 is 15.2 Å². The number of hydrogen-bond donors (Lipinski definition) is 0. The minimum atomic E-state index is 0.293. The Labute approximate surface area is 137 Å². The van der Waals surface area contributed by atoms with E-state index >= 15 is 0 Å². The molecule has 1 saturated heterocycles. The molecule has 0 aliphatic carbocycles. The first-order valence-corrected chi connectivity index (χ1v) is 8.26. The van der Waals surface area contributed by atoms with Crippen LogP contribution in [0.2, 0.25) is 0 Å². The van der Waals surface area contributed by atoms with E-state index in [0.717, 1.165) is 49.7 Å². The number of hydrogen-bond acceptors (Lipinski definition) is 6. The molecule has 3 heterocycles. The summed E-state index contributed by atoms with van der Waals surface area (Å²) >= 11 is 0. The third-order valence-electron chi connectivity index (χ3n) is 4.20. The van der Waals surface area contributed by atoms with Gasteiger partial charge in [-0.2, -0.15) is 4.98 Å². The summed E-state index contributed by atoms with van der Waals surface area (Å²) in [5, 5.41) is 4.03. The van der Waals surface area contributed by atoms with E-state index < -0.39 is 0 Å². The number of ether oxygens (including phenoxy) is 1. The van der Waals surface area contributed by atoms with E-state index in [1.54, 1.807) is 6.20 Å². The molecule has 1 aliphatic heterocycles. The second-order valence-corrected chi connectivity index (χ2v) is 6.47. The molecule has 0 unspecified atom stereocenters. The van der Waals surface area contributed by atoms with Gasteiger partial charge in [0, 0.05) is 19.0 Å². The number of nitrogens with zero attached hydrogens (tertiary/aromatic N) is 4. The molecule has 23 heavy (non-hydrogen) atoms. The van der Waals surface area contributed by atoms with Crippen molar-refractivity contribution in [2.24, 2.45) is 5.92 Å². The van der Waals surface area contributed by atoms with Gasteiger partial charge in [0.15, 0.2) is 13.7 Å². The first-order chi connectivity index (χ1) is 11.1. The second-order valence-electron chi connectivity index (χ2n) is 6.47. The van der Waals surface area contributed by atoms with Gasteiger partial charge in [-0.25, -0.2) is 0 Å². The van der Waals surface area contributed by atoms with Gasteiger partial charge in [-0.1, -0.05) is 19.0 Å². The first-order valence-electron chi connectivity index (χ1n) is 8.26. The smallest absolute Gasteiger partial charge is 0.324 e. The Hall–Kier alpha value is -2.05. The Kier molecular flexibility index (Phi) is 4.83. The zero-order chi connectivity index (χ0) is 16.2. The van der Waals surface area contributed by atoms with E-state index in [4.69, 9.17) is 9.26 Å². The molecule has 0 saturated carbocycles. The molecule has 2 aromatic rings. The molecule has 0 spiro atoms. The van der Waals surface area contributed by atoms with Gasteiger partial charge < -0.3 is 14.2 Å². The highest BCUT2D eigenvalue weighted by Gasteiger charge is 2.24. The molecule has 0 aromatic carbocycles. The highest BCUT2D eigenvalue weighted by Crippen LogP contribution is 2.24. The Morgan fingerprint density at radius 1 is 1.35 bits per heavy atom. The topological polar surface area (TPSA) is 64.3 Å². The largest absolute Gasteiger partial charge is 0.492 e. The van der Waals surface area contributed by atoms with Crippen LogP contribution in [0.5, 0.6) is 5.75 Å². The van der Waals surface area contributed by atoms with Gasteiger partial charge in [-0.3, -0.25) is 4.98 Å². The molecular formula is C16H23BN4O2. The Balaban J connectivity index is 1.47. The molecule has 0 atom stereocenters. The molecule has 0 radical (unpaired) electrons. The average Bonchev–Trinajstić information content (AvgIpc) is 3.05. The normalized spacial score (nSPS) is 16.0. The summed E-state index contributed by atoms with van der Waals surface area (Å²) in [6.07, 6.45) is 3.92. The molecule has 122 valence electrons. The summed E-state index contributed by atoms with van der Waals surface area (Å²) in [6.45, 7) is 6.73. The number of pyridine rings is 1. The summed E-state index contributed by atoms with van der Waals surface area (Å²) in [5.41, 5.74) is 1.01. The van der Waals surface area contributed by atoms with Crippen LogP contribution in [0, 0.1) is 5.92 Å². The zero-order valence-electron chi connectivity index (χ0n) is 14.0. The van der Waals surface area contributed by atoms with Crippen molar-refractivity contribution in [2.45, 2.75) is 32.6 Å². The lowest BCUT2D eigenvalue weighted by Gasteiger charge is -2.30. The lowest BCUT2D eigenvalue weighted by atomic mass is 9.98. The summed E-state index contributed by atoms with van der Waals surface area (Å²) in [7, 11) is 1.97. The SMILES string of the molecule is Bc1ccc(OCC2CCN(c3nc(C(C)C)no3)CC2)cn1. The Bertz CT molecular complexity index is 621. The summed E-state index contributed by atoms with van der Waals surface area (Å²) in [4.78, 5) is 10.9. The van der Waals surface area contributed by atoms with E-state index in [-0.39, 0.29) is 0 Å². The quantitative estimate of drug-likeness (QED) is 0.771. The van der Waals surface area contributed by atoms with Crippen LogP contribution in [0.15, 0.2) is 22.9 Å². The van der Waals surface area contributed by atoms with Crippen LogP contribution >= 0.6 is 0 Å². The van der Waals surface area contributed by atoms with Crippen molar-refractivity contribution in [1.29, 1.82) is 0 Å². The minimum absolute atomic E-state index is 0.293. The molecule has 0 N–H and O–H groups in total. The summed E-state index contributed by atoms with van der Waals surface area (Å²) < 4.78 is 11.2. The number of piperidine rings is 1. The van der Waals surface area contributed by atoms with Gasteiger partial charge in [0.05, 0.1) is 12.8 Å². The molecule has 3 rings (SSSR count). The van der Waals surface area contributed by atoms with Crippen molar-refractivity contribution in [3.63, 3.8) is 0 Å². The number of aromatic nitrogens is 3. The van der Waals surface area contributed by atoms with E-state index in [1.165, 1.54) is 0 Å². The fourth-order valence-electron chi connectivity index (χ4n) is 2.63. The minimum Gasteiger partial charge on any atom is -0.492 e. The van der Waals surface area contributed by atoms with Gasteiger partial charge >= 0.3 is 6.01 Å². The van der Waals surface area contributed by atoms with Crippen molar-refractivity contribution in [3.05, 3.63) is 24.2 Å². The molecule has 1 aliphatic rings. The highest BCUT2D eigenvalue weighted by molar-refractivity contribution is 6.30. The van der Waals surface area contributed by atoms with Gasteiger partial charge in [0.1, 0.15) is 5.75 Å². The van der Waals surface area contributed by atoms with Crippen molar-refractivity contribution >= 4 is 19.5 Å². The van der Waals surface area contributed by atoms with Crippen LogP contribution in [-0.4, -0.2) is 42.7 Å². The summed E-state index contributed by atoms with van der Waals surface area (Å²) in [5.74, 6) is 2.47.